The molecular weight excluding hydrogens is 376 g/mol. The van der Waals surface area contributed by atoms with Gasteiger partial charge in [0.1, 0.15) is 0 Å². The lowest BCUT2D eigenvalue weighted by Crippen LogP contribution is -3.19. The zero-order valence-electron chi connectivity index (χ0n) is 15.6. The minimum Gasteiger partial charge on any atom is -0.323 e. The number of quaternary nitrogens is 1. The van der Waals surface area contributed by atoms with E-state index in [4.69, 9.17) is 5.26 Å². The van der Waals surface area contributed by atoms with Crippen molar-refractivity contribution in [3.63, 3.8) is 0 Å². The van der Waals surface area contributed by atoms with Crippen LogP contribution in [0.25, 0.3) is 0 Å². The quantitative estimate of drug-likeness (QED) is 0.764. The van der Waals surface area contributed by atoms with Gasteiger partial charge >= 0.3 is 0 Å². The van der Waals surface area contributed by atoms with Crippen LogP contribution in [0.2, 0.25) is 0 Å². The van der Waals surface area contributed by atoms with Gasteiger partial charge in [-0.3, -0.25) is 4.79 Å². The number of hydrogen-bond donors (Lipinski definition) is 2. The number of carbonyl (C=O) groups excluding carboxylic acids is 1. The van der Waals surface area contributed by atoms with Crippen molar-refractivity contribution in [1.82, 2.24) is 4.31 Å². The van der Waals surface area contributed by atoms with Crippen LogP contribution in [0.5, 0.6) is 0 Å². The summed E-state index contributed by atoms with van der Waals surface area (Å²) in [5, 5.41) is 11.7. The second-order valence-corrected chi connectivity index (χ2v) is 8.71. The highest BCUT2D eigenvalue weighted by molar-refractivity contribution is 7.89. The average molecular weight is 399 g/mol. The molecule has 0 saturated carbocycles. The molecule has 1 atom stereocenters. The summed E-state index contributed by atoms with van der Waals surface area (Å²) in [5.41, 5.74) is 1.17. The van der Waals surface area contributed by atoms with Crippen molar-refractivity contribution in [1.29, 1.82) is 5.26 Å². The van der Waals surface area contributed by atoms with Crippen molar-refractivity contribution in [2.24, 2.45) is 0 Å². The highest BCUT2D eigenvalue weighted by Gasteiger charge is 2.34. The first-order valence-corrected chi connectivity index (χ1v) is 10.6. The number of amides is 1. The number of piperazine rings is 1. The Kier molecular flexibility index (Phi) is 6.09. The van der Waals surface area contributed by atoms with E-state index < -0.39 is 10.0 Å². The van der Waals surface area contributed by atoms with Gasteiger partial charge < -0.3 is 10.2 Å². The van der Waals surface area contributed by atoms with Crippen molar-refractivity contribution in [2.75, 3.05) is 31.5 Å². The molecule has 1 heterocycles. The topological polar surface area (TPSA) is 94.7 Å². The number of nitrogens with zero attached hydrogens (tertiary/aromatic N) is 2. The maximum Gasteiger partial charge on any atom is 0.282 e. The minimum atomic E-state index is -3.49. The molecule has 0 radical (unpaired) electrons. The fourth-order valence-corrected chi connectivity index (χ4v) is 4.71. The Balaban J connectivity index is 1.58. The van der Waals surface area contributed by atoms with Gasteiger partial charge in [-0.15, -0.1) is 0 Å². The Morgan fingerprint density at radius 2 is 1.71 bits per heavy atom. The molecule has 0 aromatic heterocycles. The summed E-state index contributed by atoms with van der Waals surface area (Å²) in [5.74, 6) is -0.126. The predicted octanol–water partition coefficient (Wildman–Crippen LogP) is 0.475. The lowest BCUT2D eigenvalue weighted by molar-refractivity contribution is -0.917. The SMILES string of the molecule is C[C@H](C(=O)Nc1ccc(C#N)cc1)[NH+]1CCN(S(=O)(=O)c2ccccc2)CC1. The van der Waals surface area contributed by atoms with Gasteiger partial charge in [0.05, 0.1) is 42.7 Å². The van der Waals surface area contributed by atoms with Crippen LogP contribution in [-0.4, -0.2) is 50.9 Å². The van der Waals surface area contributed by atoms with Gasteiger partial charge in [0.25, 0.3) is 5.91 Å². The number of sulfonamides is 1. The summed E-state index contributed by atoms with van der Waals surface area (Å²) < 4.78 is 26.9. The molecule has 7 nitrogen and oxygen atoms in total. The number of hydrogen-bond acceptors (Lipinski definition) is 4. The maximum atomic E-state index is 12.7. The molecule has 8 heteroatoms. The van der Waals surface area contributed by atoms with Crippen LogP contribution in [-0.2, 0) is 14.8 Å². The van der Waals surface area contributed by atoms with E-state index in [1.165, 1.54) is 4.31 Å². The van der Waals surface area contributed by atoms with E-state index in [9.17, 15) is 13.2 Å². The average Bonchev–Trinajstić information content (AvgIpc) is 2.74. The number of nitrogens with one attached hydrogen (secondary N) is 2. The van der Waals surface area contributed by atoms with Crippen molar-refractivity contribution >= 4 is 21.6 Å². The molecule has 28 heavy (non-hydrogen) atoms. The fraction of sp³-hybridized carbons (Fsp3) is 0.300. The molecule has 146 valence electrons. The first-order valence-electron chi connectivity index (χ1n) is 9.12. The van der Waals surface area contributed by atoms with Crippen molar-refractivity contribution in [3.05, 3.63) is 60.2 Å². The monoisotopic (exact) mass is 399 g/mol. The number of carbonyl (C=O) groups is 1. The number of rotatable bonds is 5. The first-order chi connectivity index (χ1) is 13.4. The van der Waals surface area contributed by atoms with Gasteiger partial charge in [0, 0.05) is 5.69 Å². The molecule has 0 spiro atoms. The summed E-state index contributed by atoms with van der Waals surface area (Å²) in [4.78, 5) is 13.9. The molecule has 1 aliphatic rings. The van der Waals surface area contributed by atoms with Crippen LogP contribution < -0.4 is 10.2 Å². The van der Waals surface area contributed by atoms with Gasteiger partial charge in [0.2, 0.25) is 10.0 Å². The zero-order valence-corrected chi connectivity index (χ0v) is 16.4. The van der Waals surface area contributed by atoms with E-state index in [0.717, 1.165) is 4.90 Å². The molecule has 1 aliphatic heterocycles. The third kappa shape index (κ3) is 4.39. The first kappa shape index (κ1) is 20.0. The third-order valence-electron chi connectivity index (χ3n) is 5.03. The Morgan fingerprint density at radius 1 is 1.11 bits per heavy atom. The second kappa shape index (κ2) is 8.52. The molecule has 3 rings (SSSR count). The molecule has 2 N–H and O–H groups in total. The van der Waals surface area contributed by atoms with Crippen LogP contribution in [0.4, 0.5) is 5.69 Å². The number of benzene rings is 2. The van der Waals surface area contributed by atoms with Gasteiger partial charge in [-0.1, -0.05) is 18.2 Å². The summed E-state index contributed by atoms with van der Waals surface area (Å²) in [7, 11) is -3.49. The Labute approximate surface area is 165 Å². The van der Waals surface area contributed by atoms with E-state index >= 15 is 0 Å². The lowest BCUT2D eigenvalue weighted by atomic mass is 10.2. The molecule has 1 amide bonds. The van der Waals surface area contributed by atoms with E-state index in [1.807, 2.05) is 13.0 Å². The Morgan fingerprint density at radius 3 is 2.29 bits per heavy atom. The van der Waals surface area contributed by atoms with Crippen LogP contribution in [0.15, 0.2) is 59.5 Å². The van der Waals surface area contributed by atoms with Crippen LogP contribution in [0, 0.1) is 11.3 Å². The Bertz CT molecular complexity index is 961. The second-order valence-electron chi connectivity index (χ2n) is 6.78. The maximum absolute atomic E-state index is 12.7. The molecule has 2 aromatic rings. The zero-order chi connectivity index (χ0) is 20.1. The predicted molar refractivity (Wildman–Crippen MR) is 105 cm³/mol. The highest BCUT2D eigenvalue weighted by Crippen LogP contribution is 2.15. The van der Waals surface area contributed by atoms with Crippen molar-refractivity contribution in [3.8, 4) is 6.07 Å². The van der Waals surface area contributed by atoms with E-state index in [-0.39, 0.29) is 11.9 Å². The van der Waals surface area contributed by atoms with Gasteiger partial charge in [-0.25, -0.2) is 8.42 Å². The molecule has 1 fully saturated rings. The normalized spacial score (nSPS) is 16.9. The van der Waals surface area contributed by atoms with Crippen LogP contribution in [0.3, 0.4) is 0 Å². The number of nitriles is 1. The standard InChI is InChI=1S/C20H22N4O3S/c1-16(20(25)22-18-9-7-17(15-21)8-10-18)23-11-13-24(14-12-23)28(26,27)19-5-3-2-4-6-19/h2-10,16H,11-14H2,1H3,(H,22,25)/p+1/t16-/m1/s1. The molecule has 0 aliphatic carbocycles. The largest absolute Gasteiger partial charge is 0.323 e. The molecular formula is C20H23N4O3S+. The summed E-state index contributed by atoms with van der Waals surface area (Å²) in [6.07, 6.45) is 0. The molecule has 0 bridgehead atoms. The molecule has 2 aromatic carbocycles. The van der Waals surface area contributed by atoms with Gasteiger partial charge in [0.15, 0.2) is 6.04 Å². The summed E-state index contributed by atoms with van der Waals surface area (Å²) in [6, 6.07) is 16.8. The Hall–Kier alpha value is -2.73. The van der Waals surface area contributed by atoms with Crippen LogP contribution >= 0.6 is 0 Å². The van der Waals surface area contributed by atoms with Crippen LogP contribution in [0.1, 0.15) is 12.5 Å². The van der Waals surface area contributed by atoms with Crippen molar-refractivity contribution in [2.45, 2.75) is 17.9 Å². The van der Waals surface area contributed by atoms with E-state index in [1.54, 1.807) is 54.6 Å². The summed E-state index contributed by atoms with van der Waals surface area (Å²) in [6.45, 7) is 3.72. The smallest absolute Gasteiger partial charge is 0.282 e. The minimum absolute atomic E-state index is 0.126. The number of anilines is 1. The summed E-state index contributed by atoms with van der Waals surface area (Å²) >= 11 is 0. The fourth-order valence-electron chi connectivity index (χ4n) is 3.25. The van der Waals surface area contributed by atoms with E-state index in [0.29, 0.717) is 42.3 Å². The van der Waals surface area contributed by atoms with Crippen molar-refractivity contribution < 1.29 is 18.1 Å². The molecule has 1 saturated heterocycles. The molecule has 0 unspecified atom stereocenters. The third-order valence-corrected chi connectivity index (χ3v) is 6.95. The highest BCUT2D eigenvalue weighted by atomic mass is 32.2. The lowest BCUT2D eigenvalue weighted by Gasteiger charge is -2.34. The van der Waals surface area contributed by atoms with Gasteiger partial charge in [-0.2, -0.15) is 9.57 Å². The van der Waals surface area contributed by atoms with E-state index in [2.05, 4.69) is 5.32 Å². The van der Waals surface area contributed by atoms with Gasteiger partial charge in [-0.05, 0) is 43.3 Å².